The van der Waals surface area contributed by atoms with Crippen molar-refractivity contribution in [3.63, 3.8) is 0 Å². The number of rotatable bonds is 9. The van der Waals surface area contributed by atoms with Crippen molar-refractivity contribution >= 4 is 11.9 Å². The summed E-state index contributed by atoms with van der Waals surface area (Å²) in [7, 11) is 3.37. The van der Waals surface area contributed by atoms with Crippen LogP contribution in [-0.2, 0) is 29.5 Å². The molecule has 1 atom stereocenters. The number of aromatic nitrogens is 2. The van der Waals surface area contributed by atoms with Crippen LogP contribution in [0.1, 0.15) is 17.5 Å². The topological polar surface area (TPSA) is 93.5 Å². The molecule has 0 radical (unpaired) electrons. The maximum absolute atomic E-state index is 12.0. The highest BCUT2D eigenvalue weighted by atomic mass is 16.5. The predicted octanol–water partition coefficient (Wildman–Crippen LogP) is 1.42. The van der Waals surface area contributed by atoms with Crippen LogP contribution in [0, 0.1) is 5.92 Å². The molecule has 0 saturated carbocycles. The van der Waals surface area contributed by atoms with Gasteiger partial charge < -0.3 is 15.2 Å². The van der Waals surface area contributed by atoms with Crippen molar-refractivity contribution in [3.05, 3.63) is 47.8 Å². The number of nitrogens with one attached hydrogen (secondary N) is 1. The Kier molecular flexibility index (Phi) is 6.56. The van der Waals surface area contributed by atoms with E-state index in [1.165, 1.54) is 0 Å². The Balaban J connectivity index is 1.86. The van der Waals surface area contributed by atoms with Gasteiger partial charge in [-0.05, 0) is 30.0 Å². The molecule has 25 heavy (non-hydrogen) atoms. The van der Waals surface area contributed by atoms with E-state index in [1.807, 2.05) is 31.4 Å². The lowest BCUT2D eigenvalue weighted by Crippen LogP contribution is -2.34. The smallest absolute Gasteiger partial charge is 0.308 e. The SMILES string of the molecule is COc1ccccc1CC(CNC(=O)CCc1cnn(C)c1)C(=O)O. The second-order valence-corrected chi connectivity index (χ2v) is 5.88. The average molecular weight is 345 g/mol. The number of hydrogen-bond donors (Lipinski definition) is 2. The first-order valence-corrected chi connectivity index (χ1v) is 8.08. The number of carboxylic acids is 1. The lowest BCUT2D eigenvalue weighted by Gasteiger charge is -2.15. The zero-order valence-electron chi connectivity index (χ0n) is 14.4. The molecule has 0 spiro atoms. The van der Waals surface area contributed by atoms with Crippen LogP contribution in [0.2, 0.25) is 0 Å². The molecule has 134 valence electrons. The van der Waals surface area contributed by atoms with E-state index < -0.39 is 11.9 Å². The number of hydrogen-bond acceptors (Lipinski definition) is 4. The Morgan fingerprint density at radius 2 is 2.12 bits per heavy atom. The Bertz CT molecular complexity index is 727. The van der Waals surface area contributed by atoms with Gasteiger partial charge in [-0.15, -0.1) is 0 Å². The molecule has 0 aliphatic rings. The molecule has 1 aromatic carbocycles. The number of aliphatic carboxylic acids is 1. The highest BCUT2D eigenvalue weighted by molar-refractivity contribution is 5.77. The molecule has 0 bridgehead atoms. The second kappa shape index (κ2) is 8.86. The number of aryl methyl sites for hydroxylation is 2. The van der Waals surface area contributed by atoms with Gasteiger partial charge in [0.05, 0.1) is 19.2 Å². The van der Waals surface area contributed by atoms with E-state index in [0.29, 0.717) is 25.0 Å². The minimum absolute atomic E-state index is 0.0826. The van der Waals surface area contributed by atoms with Crippen LogP contribution in [0.4, 0.5) is 0 Å². The molecule has 7 heteroatoms. The monoisotopic (exact) mass is 345 g/mol. The fourth-order valence-corrected chi connectivity index (χ4v) is 2.57. The molecule has 1 aromatic heterocycles. The zero-order chi connectivity index (χ0) is 18.2. The molecular weight excluding hydrogens is 322 g/mol. The van der Waals surface area contributed by atoms with Crippen LogP contribution in [0.15, 0.2) is 36.7 Å². The molecule has 1 amide bonds. The third kappa shape index (κ3) is 5.63. The third-order valence-corrected chi connectivity index (χ3v) is 3.95. The number of benzene rings is 1. The lowest BCUT2D eigenvalue weighted by atomic mass is 9.98. The van der Waals surface area contributed by atoms with Crippen LogP contribution in [0.3, 0.4) is 0 Å². The summed E-state index contributed by atoms with van der Waals surface area (Å²) in [6, 6.07) is 7.29. The van der Waals surface area contributed by atoms with Gasteiger partial charge in [-0.1, -0.05) is 18.2 Å². The van der Waals surface area contributed by atoms with Gasteiger partial charge in [0, 0.05) is 26.2 Å². The van der Waals surface area contributed by atoms with Gasteiger partial charge in [0.2, 0.25) is 5.91 Å². The summed E-state index contributed by atoms with van der Waals surface area (Å²) in [5, 5.41) is 16.2. The lowest BCUT2D eigenvalue weighted by molar-refractivity contribution is -0.141. The largest absolute Gasteiger partial charge is 0.496 e. The van der Waals surface area contributed by atoms with Gasteiger partial charge in [-0.3, -0.25) is 14.3 Å². The number of amides is 1. The highest BCUT2D eigenvalue weighted by Crippen LogP contribution is 2.21. The quantitative estimate of drug-likeness (QED) is 0.717. The van der Waals surface area contributed by atoms with Crippen LogP contribution in [0.25, 0.3) is 0 Å². The fourth-order valence-electron chi connectivity index (χ4n) is 2.57. The van der Waals surface area contributed by atoms with Gasteiger partial charge >= 0.3 is 5.97 Å². The maximum atomic E-state index is 12.0. The number of ether oxygens (including phenoxy) is 1. The van der Waals surface area contributed by atoms with Gasteiger partial charge in [0.1, 0.15) is 5.75 Å². The number of nitrogens with zero attached hydrogens (tertiary/aromatic N) is 2. The standard InChI is InChI=1S/C18H23N3O4/c1-21-12-13(10-20-21)7-8-17(22)19-11-15(18(23)24)9-14-5-3-4-6-16(14)25-2/h3-6,10,12,15H,7-9,11H2,1-2H3,(H,19,22)(H,23,24). The molecule has 0 aliphatic heterocycles. The summed E-state index contributed by atoms with van der Waals surface area (Å²) in [5.74, 6) is -1.18. The van der Waals surface area contributed by atoms with Gasteiger partial charge in [-0.25, -0.2) is 0 Å². The Labute approximate surface area is 146 Å². The molecule has 0 aliphatic carbocycles. The number of carbonyl (C=O) groups excluding carboxylic acids is 1. The molecule has 2 rings (SSSR count). The van der Waals surface area contributed by atoms with E-state index in [-0.39, 0.29) is 12.5 Å². The zero-order valence-corrected chi connectivity index (χ0v) is 14.4. The van der Waals surface area contributed by atoms with Crippen molar-refractivity contribution in [2.45, 2.75) is 19.3 Å². The minimum Gasteiger partial charge on any atom is -0.496 e. The second-order valence-electron chi connectivity index (χ2n) is 5.88. The van der Waals surface area contributed by atoms with Crippen LogP contribution in [0.5, 0.6) is 5.75 Å². The van der Waals surface area contributed by atoms with E-state index in [9.17, 15) is 14.7 Å². The Morgan fingerprint density at radius 3 is 2.76 bits per heavy atom. The molecule has 1 unspecified atom stereocenters. The Hall–Kier alpha value is -2.83. The third-order valence-electron chi connectivity index (χ3n) is 3.95. The summed E-state index contributed by atoms with van der Waals surface area (Å²) in [6.45, 7) is 0.0826. The maximum Gasteiger partial charge on any atom is 0.308 e. The first-order chi connectivity index (χ1) is 12.0. The van der Waals surface area contributed by atoms with Crippen molar-refractivity contribution in [1.29, 1.82) is 0 Å². The molecule has 2 N–H and O–H groups in total. The number of para-hydroxylation sites is 1. The first kappa shape index (κ1) is 18.5. The summed E-state index contributed by atoms with van der Waals surface area (Å²) >= 11 is 0. The van der Waals surface area contributed by atoms with Crippen molar-refractivity contribution in [1.82, 2.24) is 15.1 Å². The predicted molar refractivity (Wildman–Crippen MR) is 92.4 cm³/mol. The highest BCUT2D eigenvalue weighted by Gasteiger charge is 2.20. The first-order valence-electron chi connectivity index (χ1n) is 8.08. The minimum atomic E-state index is -0.946. The van der Waals surface area contributed by atoms with E-state index in [1.54, 1.807) is 24.1 Å². The van der Waals surface area contributed by atoms with Crippen molar-refractivity contribution < 1.29 is 19.4 Å². The van der Waals surface area contributed by atoms with Crippen LogP contribution >= 0.6 is 0 Å². The summed E-state index contributed by atoms with van der Waals surface area (Å²) in [4.78, 5) is 23.5. The average Bonchev–Trinajstić information content (AvgIpc) is 3.02. The number of methoxy groups -OCH3 is 1. The number of carboxylic acid groups (broad SMARTS) is 1. The molecule has 7 nitrogen and oxygen atoms in total. The van der Waals surface area contributed by atoms with Crippen molar-refractivity contribution in [3.8, 4) is 5.75 Å². The van der Waals surface area contributed by atoms with E-state index >= 15 is 0 Å². The van der Waals surface area contributed by atoms with Gasteiger partial charge in [0.25, 0.3) is 0 Å². The molecule has 0 saturated heterocycles. The summed E-state index contributed by atoms with van der Waals surface area (Å²) in [5.41, 5.74) is 1.78. The van der Waals surface area contributed by atoms with Crippen molar-refractivity contribution in [2.75, 3.05) is 13.7 Å². The van der Waals surface area contributed by atoms with Gasteiger partial charge in [0.15, 0.2) is 0 Å². The number of carbonyl (C=O) groups is 2. The summed E-state index contributed by atoms with van der Waals surface area (Å²) in [6.07, 6.45) is 4.74. The van der Waals surface area contributed by atoms with Gasteiger partial charge in [-0.2, -0.15) is 5.10 Å². The molecular formula is C18H23N3O4. The molecule has 0 fully saturated rings. The van der Waals surface area contributed by atoms with E-state index in [2.05, 4.69) is 10.4 Å². The van der Waals surface area contributed by atoms with E-state index in [4.69, 9.17) is 4.74 Å². The van der Waals surface area contributed by atoms with Crippen LogP contribution in [-0.4, -0.2) is 40.4 Å². The molecule has 1 heterocycles. The van der Waals surface area contributed by atoms with Crippen LogP contribution < -0.4 is 10.1 Å². The normalized spacial score (nSPS) is 11.8. The fraction of sp³-hybridized carbons (Fsp3) is 0.389. The summed E-state index contributed by atoms with van der Waals surface area (Å²) < 4.78 is 6.93. The molecule has 2 aromatic rings. The van der Waals surface area contributed by atoms with Crippen molar-refractivity contribution in [2.24, 2.45) is 13.0 Å². The Morgan fingerprint density at radius 1 is 1.36 bits per heavy atom. The van der Waals surface area contributed by atoms with E-state index in [0.717, 1.165) is 11.1 Å².